The van der Waals surface area contributed by atoms with Gasteiger partial charge in [0.2, 0.25) is 11.8 Å². The van der Waals surface area contributed by atoms with E-state index in [0.29, 0.717) is 11.4 Å². The fraction of sp³-hybridized carbons (Fsp3) is 0.391. The molecule has 0 saturated carbocycles. The van der Waals surface area contributed by atoms with Crippen molar-refractivity contribution in [2.75, 3.05) is 23.7 Å². The molecule has 1 aliphatic carbocycles. The smallest absolute Gasteiger partial charge is 0.324 e. The van der Waals surface area contributed by atoms with Crippen LogP contribution in [-0.2, 0) is 22.4 Å². The predicted octanol–water partition coefficient (Wildman–Crippen LogP) is 3.54. The summed E-state index contributed by atoms with van der Waals surface area (Å²) in [6, 6.07) is 8.42. The largest absolute Gasteiger partial charge is 0.329 e. The maximum absolute atomic E-state index is 12.7. The maximum Gasteiger partial charge on any atom is 0.324 e. The molecule has 4 rings (SSSR count). The van der Waals surface area contributed by atoms with Crippen molar-refractivity contribution in [1.29, 1.82) is 0 Å². The molecule has 168 valence electrons. The van der Waals surface area contributed by atoms with Gasteiger partial charge in [0.1, 0.15) is 0 Å². The molecule has 8 nitrogen and oxygen atoms in total. The monoisotopic (exact) mass is 454 g/mol. The molecule has 1 saturated heterocycles. The maximum atomic E-state index is 12.7. The van der Waals surface area contributed by atoms with Crippen molar-refractivity contribution in [2.45, 2.75) is 44.9 Å². The molecule has 5 amide bonds. The van der Waals surface area contributed by atoms with E-state index in [9.17, 15) is 19.2 Å². The lowest BCUT2D eigenvalue weighted by atomic mass is 10.00. The van der Waals surface area contributed by atoms with E-state index < -0.39 is 6.03 Å². The lowest BCUT2D eigenvalue weighted by Crippen LogP contribution is -2.33. The van der Waals surface area contributed by atoms with Crippen LogP contribution in [0.1, 0.15) is 52.2 Å². The first-order valence-electron chi connectivity index (χ1n) is 10.9. The van der Waals surface area contributed by atoms with Gasteiger partial charge in [-0.15, -0.1) is 11.3 Å². The van der Waals surface area contributed by atoms with E-state index >= 15 is 0 Å². The van der Waals surface area contributed by atoms with Crippen LogP contribution in [0.2, 0.25) is 0 Å². The van der Waals surface area contributed by atoms with Gasteiger partial charge in [-0.1, -0.05) is 12.8 Å². The number of carbonyl (C=O) groups is 4. The van der Waals surface area contributed by atoms with Gasteiger partial charge in [0.15, 0.2) is 0 Å². The molecule has 3 N–H and O–H groups in total. The number of amides is 5. The molecule has 1 aliphatic heterocycles. The number of hydrogen-bond donors (Lipinski definition) is 3. The summed E-state index contributed by atoms with van der Waals surface area (Å²) >= 11 is 1.59. The average molecular weight is 455 g/mol. The quantitative estimate of drug-likeness (QED) is 0.580. The van der Waals surface area contributed by atoms with Crippen LogP contribution in [0.15, 0.2) is 30.3 Å². The zero-order valence-corrected chi connectivity index (χ0v) is 18.6. The highest BCUT2D eigenvalue weighted by Crippen LogP contribution is 2.29. The first-order chi connectivity index (χ1) is 15.5. The summed E-state index contributed by atoms with van der Waals surface area (Å²) in [5, 5.41) is 8.07. The van der Waals surface area contributed by atoms with E-state index in [1.54, 1.807) is 35.6 Å². The number of fused-ring (bicyclic) bond motifs is 1. The normalized spacial score (nSPS) is 16.1. The first-order valence-corrected chi connectivity index (χ1v) is 11.7. The van der Waals surface area contributed by atoms with Gasteiger partial charge in [-0.2, -0.15) is 0 Å². The van der Waals surface area contributed by atoms with Gasteiger partial charge >= 0.3 is 6.03 Å². The van der Waals surface area contributed by atoms with Crippen LogP contribution < -0.4 is 16.0 Å². The minimum absolute atomic E-state index is 0.0146. The predicted molar refractivity (Wildman–Crippen MR) is 123 cm³/mol. The van der Waals surface area contributed by atoms with E-state index in [2.05, 4.69) is 16.0 Å². The zero-order valence-electron chi connectivity index (χ0n) is 17.7. The molecule has 1 aromatic heterocycles. The average Bonchev–Trinajstić information content (AvgIpc) is 3.30. The Bertz CT molecular complexity index is 990. The summed E-state index contributed by atoms with van der Waals surface area (Å²) in [5.41, 5.74) is 2.53. The van der Waals surface area contributed by atoms with E-state index in [1.807, 2.05) is 6.07 Å². The van der Waals surface area contributed by atoms with Crippen molar-refractivity contribution in [2.24, 2.45) is 0 Å². The topological polar surface area (TPSA) is 108 Å². The molecule has 1 fully saturated rings. The Morgan fingerprint density at radius 3 is 2.34 bits per heavy atom. The van der Waals surface area contributed by atoms with Crippen molar-refractivity contribution < 1.29 is 19.2 Å². The van der Waals surface area contributed by atoms with Crippen LogP contribution in [0.5, 0.6) is 0 Å². The fourth-order valence-electron chi connectivity index (χ4n) is 3.90. The lowest BCUT2D eigenvalue weighted by Gasteiger charge is -2.12. The van der Waals surface area contributed by atoms with Gasteiger partial charge < -0.3 is 16.0 Å². The number of nitrogens with one attached hydrogen (secondary N) is 3. The number of benzene rings is 1. The van der Waals surface area contributed by atoms with E-state index in [1.165, 1.54) is 36.1 Å². The number of hydrogen-bond acceptors (Lipinski definition) is 5. The highest BCUT2D eigenvalue weighted by atomic mass is 32.1. The van der Waals surface area contributed by atoms with Gasteiger partial charge in [-0.25, -0.2) is 4.79 Å². The van der Waals surface area contributed by atoms with Crippen LogP contribution in [0.4, 0.5) is 16.2 Å². The van der Waals surface area contributed by atoms with Crippen molar-refractivity contribution in [3.8, 4) is 0 Å². The van der Waals surface area contributed by atoms with Crippen molar-refractivity contribution in [1.82, 2.24) is 10.2 Å². The molecule has 32 heavy (non-hydrogen) atoms. The number of carbonyl (C=O) groups excluding carboxylic acids is 4. The lowest BCUT2D eigenvalue weighted by molar-refractivity contribution is -0.125. The molecule has 1 aromatic carbocycles. The van der Waals surface area contributed by atoms with Gasteiger partial charge in [0, 0.05) is 29.2 Å². The van der Waals surface area contributed by atoms with Crippen LogP contribution in [0.3, 0.4) is 0 Å². The number of aryl methyl sites for hydroxylation is 2. The van der Waals surface area contributed by atoms with Gasteiger partial charge in [-0.05, 0) is 61.6 Å². The number of imide groups is 1. The molecule has 0 radical (unpaired) electrons. The second-order valence-electron chi connectivity index (χ2n) is 8.01. The fourth-order valence-corrected chi connectivity index (χ4v) is 5.05. The standard InChI is InChI=1S/C23H26N4O4S/c28-20(11-12-27-21(29)14-24-23(27)31)25-16-7-9-17(10-8-16)26-22(30)19-13-15-5-3-1-2-4-6-18(15)32-19/h7-10,13H,1-6,11-12,14H2,(H,24,31)(H,25,28)(H,26,30). The van der Waals surface area contributed by atoms with Crippen LogP contribution in [-0.4, -0.2) is 41.7 Å². The third-order valence-electron chi connectivity index (χ3n) is 5.65. The van der Waals surface area contributed by atoms with E-state index in [-0.39, 0.29) is 37.2 Å². The van der Waals surface area contributed by atoms with Crippen molar-refractivity contribution >= 4 is 46.5 Å². The summed E-state index contributed by atoms with van der Waals surface area (Å²) in [4.78, 5) is 51.0. The van der Waals surface area contributed by atoms with Crippen molar-refractivity contribution in [3.05, 3.63) is 45.6 Å². The Kier molecular flexibility index (Phi) is 6.84. The molecule has 2 aromatic rings. The summed E-state index contributed by atoms with van der Waals surface area (Å²) in [6.45, 7) is 0.0111. The number of nitrogens with zero attached hydrogens (tertiary/aromatic N) is 1. The van der Waals surface area contributed by atoms with Crippen LogP contribution in [0.25, 0.3) is 0 Å². The summed E-state index contributed by atoms with van der Waals surface area (Å²) < 4.78 is 0. The third kappa shape index (κ3) is 5.34. The molecule has 0 spiro atoms. The number of anilines is 2. The molecule has 9 heteroatoms. The Morgan fingerprint density at radius 2 is 1.66 bits per heavy atom. The second-order valence-corrected chi connectivity index (χ2v) is 9.14. The highest BCUT2D eigenvalue weighted by molar-refractivity contribution is 7.14. The molecular formula is C23H26N4O4S. The summed E-state index contributed by atoms with van der Waals surface area (Å²) in [6.07, 6.45) is 6.99. The van der Waals surface area contributed by atoms with E-state index in [0.717, 1.165) is 22.6 Å². The van der Waals surface area contributed by atoms with Gasteiger partial charge in [-0.3, -0.25) is 19.3 Å². The Labute approximate surface area is 190 Å². The number of urea groups is 1. The molecule has 0 bridgehead atoms. The van der Waals surface area contributed by atoms with Crippen LogP contribution >= 0.6 is 11.3 Å². The summed E-state index contributed by atoms with van der Waals surface area (Å²) in [5.74, 6) is -0.752. The van der Waals surface area contributed by atoms with Gasteiger partial charge in [0.05, 0.1) is 11.4 Å². The molecule has 2 heterocycles. The molecule has 0 atom stereocenters. The number of thiophene rings is 1. The second kappa shape index (κ2) is 9.95. The zero-order chi connectivity index (χ0) is 22.5. The SMILES string of the molecule is O=C(CCN1C(=O)CNC1=O)Nc1ccc(NC(=O)c2cc3c(s2)CCCCCC3)cc1. The minimum atomic E-state index is -0.472. The number of rotatable bonds is 6. The van der Waals surface area contributed by atoms with Crippen LogP contribution in [0, 0.1) is 0 Å². The Morgan fingerprint density at radius 1 is 0.969 bits per heavy atom. The first kappa shape index (κ1) is 22.0. The van der Waals surface area contributed by atoms with Gasteiger partial charge in [0.25, 0.3) is 5.91 Å². The Balaban J connectivity index is 1.29. The highest BCUT2D eigenvalue weighted by Gasteiger charge is 2.28. The van der Waals surface area contributed by atoms with E-state index in [4.69, 9.17) is 0 Å². The molecule has 2 aliphatic rings. The molecular weight excluding hydrogens is 428 g/mol. The third-order valence-corrected chi connectivity index (χ3v) is 6.88. The Hall–Kier alpha value is -3.20. The minimum Gasteiger partial charge on any atom is -0.329 e. The summed E-state index contributed by atoms with van der Waals surface area (Å²) in [7, 11) is 0. The molecule has 0 unspecified atom stereocenters. The van der Waals surface area contributed by atoms with Crippen molar-refractivity contribution in [3.63, 3.8) is 0 Å².